The number of fused-ring (bicyclic) bond motifs is 1. The zero-order valence-electron chi connectivity index (χ0n) is 26.9. The molecule has 248 valence electrons. The molecule has 1 aliphatic rings. The van der Waals surface area contributed by atoms with Crippen molar-refractivity contribution in [1.82, 2.24) is 30.0 Å². The van der Waals surface area contributed by atoms with E-state index < -0.39 is 41.6 Å². The van der Waals surface area contributed by atoms with E-state index in [0.717, 1.165) is 12.3 Å². The predicted octanol–water partition coefficient (Wildman–Crippen LogP) is 4.30. The van der Waals surface area contributed by atoms with E-state index in [0.29, 0.717) is 28.3 Å². The Kier molecular flexibility index (Phi) is 9.59. The number of ether oxygens (including phenoxy) is 1. The molecule has 16 heteroatoms. The molecule has 2 atom stereocenters. The second-order valence-electron chi connectivity index (χ2n) is 12.5. The van der Waals surface area contributed by atoms with Crippen LogP contribution in [0.2, 0.25) is 0 Å². The Labute approximate surface area is 264 Å². The van der Waals surface area contributed by atoms with Crippen LogP contribution in [0, 0.1) is 12.8 Å². The number of halogens is 3. The van der Waals surface area contributed by atoms with E-state index in [9.17, 15) is 27.6 Å². The first-order valence-corrected chi connectivity index (χ1v) is 14.6. The lowest BCUT2D eigenvalue weighted by molar-refractivity contribution is -0.141. The summed E-state index contributed by atoms with van der Waals surface area (Å²) in [7, 11) is 1.71. The zero-order chi connectivity index (χ0) is 34.1. The highest BCUT2D eigenvalue weighted by Gasteiger charge is 2.36. The Hall–Kier alpha value is -4.76. The minimum Gasteiger partial charge on any atom is -0.444 e. The molecule has 3 aromatic heterocycles. The smallest absolute Gasteiger partial charge is 0.433 e. The molecular formula is C30H38F3N9O4. The highest BCUT2D eigenvalue weighted by molar-refractivity contribution is 6.03. The van der Waals surface area contributed by atoms with Gasteiger partial charge in [-0.15, -0.1) is 0 Å². The minimum absolute atomic E-state index is 0.0350. The first-order valence-electron chi connectivity index (χ1n) is 14.6. The molecule has 1 aliphatic heterocycles. The number of hydrogen-bond donors (Lipinski definition) is 2. The number of carbonyl (C=O) groups excluding carboxylic acids is 3. The van der Waals surface area contributed by atoms with Crippen molar-refractivity contribution < 1.29 is 32.3 Å². The van der Waals surface area contributed by atoms with Gasteiger partial charge in [0.1, 0.15) is 29.1 Å². The lowest BCUT2D eigenvalue weighted by atomic mass is 10.0. The number of nitrogens with one attached hydrogen (secondary N) is 2. The highest BCUT2D eigenvalue weighted by atomic mass is 19.4. The SMILES string of the molecule is Cc1nc(N(Cc2cnn(Cc3ccc(C(F)(F)F)nc3)c2)C(=O)[C@@H](NC(=O)OC(C)(C)C)C(C)C)nc2c1NC(=O)[C@H](C)N2C. The van der Waals surface area contributed by atoms with E-state index in [-0.39, 0.29) is 30.9 Å². The van der Waals surface area contributed by atoms with Crippen LogP contribution < -0.4 is 20.4 Å². The number of hydrogen-bond acceptors (Lipinski definition) is 9. The van der Waals surface area contributed by atoms with Gasteiger partial charge in [-0.3, -0.25) is 24.2 Å². The van der Waals surface area contributed by atoms with Crippen molar-refractivity contribution in [3.05, 3.63) is 53.2 Å². The van der Waals surface area contributed by atoms with Crippen LogP contribution in [0.15, 0.2) is 30.7 Å². The van der Waals surface area contributed by atoms with Crippen molar-refractivity contribution >= 4 is 35.4 Å². The number of aryl methyl sites for hydroxylation is 1. The molecule has 0 fully saturated rings. The second-order valence-corrected chi connectivity index (χ2v) is 12.5. The molecule has 13 nitrogen and oxygen atoms in total. The number of amides is 3. The number of pyridine rings is 1. The normalized spacial score (nSPS) is 15.7. The van der Waals surface area contributed by atoms with Gasteiger partial charge in [0.05, 0.1) is 25.0 Å². The van der Waals surface area contributed by atoms with Gasteiger partial charge in [-0.1, -0.05) is 19.9 Å². The maximum atomic E-state index is 14.2. The number of aromatic nitrogens is 5. The maximum absolute atomic E-state index is 14.2. The monoisotopic (exact) mass is 645 g/mol. The molecule has 0 saturated carbocycles. The number of carbonyl (C=O) groups is 3. The number of nitrogens with zero attached hydrogens (tertiary/aromatic N) is 7. The molecule has 2 N–H and O–H groups in total. The Morgan fingerprint density at radius 1 is 1.13 bits per heavy atom. The fourth-order valence-corrected chi connectivity index (χ4v) is 4.65. The van der Waals surface area contributed by atoms with E-state index in [1.807, 2.05) is 0 Å². The Balaban J connectivity index is 1.68. The standard InChI is InChI=1S/C30H38F3N9O4/c1-16(2)22(38-28(45)46-29(5,6)7)26(44)42(27-36-17(3)23-24(39-27)40(8)18(4)25(43)37-23)15-20-12-35-41(14-20)13-19-9-10-21(34-11-19)30(31,32)33/h9-12,14,16,18,22H,13,15H2,1-8H3,(H,37,43)(H,38,45)/t18-,22-/m0/s1. The van der Waals surface area contributed by atoms with Gasteiger partial charge >= 0.3 is 12.3 Å². The molecule has 3 amide bonds. The predicted molar refractivity (Wildman–Crippen MR) is 163 cm³/mol. The largest absolute Gasteiger partial charge is 0.444 e. The van der Waals surface area contributed by atoms with E-state index >= 15 is 0 Å². The van der Waals surface area contributed by atoms with Gasteiger partial charge in [0.25, 0.3) is 5.91 Å². The van der Waals surface area contributed by atoms with E-state index in [4.69, 9.17) is 4.74 Å². The summed E-state index contributed by atoms with van der Waals surface area (Å²) in [6.07, 6.45) is -1.02. The molecule has 0 aromatic carbocycles. The van der Waals surface area contributed by atoms with Gasteiger partial charge in [-0.05, 0) is 52.2 Å². The molecule has 0 saturated heterocycles. The Bertz CT molecular complexity index is 1600. The van der Waals surface area contributed by atoms with Crippen molar-refractivity contribution in [3.63, 3.8) is 0 Å². The average molecular weight is 646 g/mol. The van der Waals surface area contributed by atoms with Gasteiger partial charge in [0.15, 0.2) is 5.82 Å². The fraction of sp³-hybridized carbons (Fsp3) is 0.500. The van der Waals surface area contributed by atoms with Gasteiger partial charge < -0.3 is 20.3 Å². The van der Waals surface area contributed by atoms with Gasteiger partial charge in [-0.2, -0.15) is 23.3 Å². The summed E-state index contributed by atoms with van der Waals surface area (Å²) in [6.45, 7) is 12.2. The average Bonchev–Trinajstić information content (AvgIpc) is 3.39. The lowest BCUT2D eigenvalue weighted by Crippen LogP contribution is -2.52. The number of alkyl carbamates (subject to hydrolysis) is 1. The molecule has 0 unspecified atom stereocenters. The number of anilines is 3. The highest BCUT2D eigenvalue weighted by Crippen LogP contribution is 2.33. The van der Waals surface area contributed by atoms with Crippen LogP contribution in [0.25, 0.3) is 0 Å². The molecule has 0 bridgehead atoms. The van der Waals surface area contributed by atoms with Crippen molar-refractivity contribution in [2.75, 3.05) is 22.2 Å². The minimum atomic E-state index is -4.55. The first kappa shape index (κ1) is 34.1. The third kappa shape index (κ3) is 7.90. The van der Waals surface area contributed by atoms with Gasteiger partial charge in [0.2, 0.25) is 11.9 Å². The summed E-state index contributed by atoms with van der Waals surface area (Å²) >= 11 is 0. The molecule has 46 heavy (non-hydrogen) atoms. The van der Waals surface area contributed by atoms with Crippen molar-refractivity contribution in [2.24, 2.45) is 5.92 Å². The second kappa shape index (κ2) is 12.9. The van der Waals surface area contributed by atoms with E-state index in [1.54, 1.807) is 66.6 Å². The zero-order valence-corrected chi connectivity index (χ0v) is 26.9. The Morgan fingerprint density at radius 3 is 2.41 bits per heavy atom. The quantitative estimate of drug-likeness (QED) is 0.366. The third-order valence-corrected chi connectivity index (χ3v) is 7.20. The summed E-state index contributed by atoms with van der Waals surface area (Å²) in [5.41, 5.74) is 0.109. The van der Waals surface area contributed by atoms with Crippen LogP contribution in [-0.2, 0) is 33.6 Å². The topological polar surface area (TPSA) is 147 Å². The Morgan fingerprint density at radius 2 is 1.83 bits per heavy atom. The van der Waals surface area contributed by atoms with Gasteiger partial charge in [0, 0.05) is 25.0 Å². The summed E-state index contributed by atoms with van der Waals surface area (Å²) in [6, 6.07) is 0.663. The van der Waals surface area contributed by atoms with Gasteiger partial charge in [-0.25, -0.2) is 9.78 Å². The van der Waals surface area contributed by atoms with Crippen LogP contribution in [0.1, 0.15) is 64.1 Å². The van der Waals surface area contributed by atoms with Crippen LogP contribution in [0.5, 0.6) is 0 Å². The van der Waals surface area contributed by atoms with Crippen LogP contribution >= 0.6 is 0 Å². The summed E-state index contributed by atoms with van der Waals surface area (Å²) < 4.78 is 45.7. The summed E-state index contributed by atoms with van der Waals surface area (Å²) in [5.74, 6) is -0.653. The van der Waals surface area contributed by atoms with Crippen molar-refractivity contribution in [2.45, 2.75) is 85.4 Å². The number of rotatable bonds is 8. The van der Waals surface area contributed by atoms with Crippen molar-refractivity contribution in [1.29, 1.82) is 0 Å². The molecule has 0 spiro atoms. The number of likely N-dealkylation sites (N-methyl/N-ethyl adjacent to an activating group) is 1. The molecule has 0 radical (unpaired) electrons. The van der Waals surface area contributed by atoms with Crippen LogP contribution in [0.4, 0.5) is 35.4 Å². The summed E-state index contributed by atoms with van der Waals surface area (Å²) in [4.78, 5) is 55.2. The van der Waals surface area contributed by atoms with Crippen LogP contribution in [0.3, 0.4) is 0 Å². The summed E-state index contributed by atoms with van der Waals surface area (Å²) in [5, 5.41) is 9.81. The molecule has 0 aliphatic carbocycles. The first-order chi connectivity index (χ1) is 21.3. The van der Waals surface area contributed by atoms with E-state index in [1.165, 1.54) is 21.8 Å². The number of alkyl halides is 3. The maximum Gasteiger partial charge on any atom is 0.433 e. The molecule has 3 aromatic rings. The lowest BCUT2D eigenvalue weighted by Gasteiger charge is -2.34. The van der Waals surface area contributed by atoms with E-state index in [2.05, 4.69) is 30.7 Å². The molecular weight excluding hydrogens is 607 g/mol. The fourth-order valence-electron chi connectivity index (χ4n) is 4.65. The third-order valence-electron chi connectivity index (χ3n) is 7.20. The van der Waals surface area contributed by atoms with Crippen LogP contribution in [-0.4, -0.2) is 67.4 Å². The molecule has 4 heterocycles. The molecule has 4 rings (SSSR count). The van der Waals surface area contributed by atoms with Crippen molar-refractivity contribution in [3.8, 4) is 0 Å².